The van der Waals surface area contributed by atoms with Crippen molar-refractivity contribution >= 4 is 0 Å². The maximum Gasteiger partial charge on any atom is 0.214 e. The average molecular weight is 419 g/mol. The van der Waals surface area contributed by atoms with Crippen LogP contribution in [0.2, 0.25) is 0 Å². The Balaban J connectivity index is 0.000000414. The van der Waals surface area contributed by atoms with Crippen molar-refractivity contribution in [2.45, 2.75) is 69.2 Å². The molecule has 0 spiro atoms. The Morgan fingerprint density at radius 2 is 1.10 bits per heavy atom. The van der Waals surface area contributed by atoms with Gasteiger partial charge in [-0.05, 0) is 66.0 Å². The van der Waals surface area contributed by atoms with Gasteiger partial charge in [0.25, 0.3) is 0 Å². The zero-order valence-corrected chi connectivity index (χ0v) is 20.3. The summed E-state index contributed by atoms with van der Waals surface area (Å²) in [5.41, 5.74) is 9.67. The van der Waals surface area contributed by atoms with E-state index >= 15 is 0 Å². The van der Waals surface area contributed by atoms with Gasteiger partial charge in [0.15, 0.2) is 0 Å². The van der Waals surface area contributed by atoms with Crippen molar-refractivity contribution in [1.29, 1.82) is 0 Å². The van der Waals surface area contributed by atoms with E-state index in [4.69, 9.17) is 4.74 Å². The van der Waals surface area contributed by atoms with E-state index in [1.54, 1.807) is 11.8 Å². The fourth-order valence-electron chi connectivity index (χ4n) is 3.21. The highest BCUT2D eigenvalue weighted by atomic mass is 16.5. The molecule has 170 valence electrons. The number of aromatic nitrogens is 6. The predicted octanol–water partition coefficient (Wildman–Crippen LogP) is 4.63. The third-order valence-corrected chi connectivity index (χ3v) is 5.52. The molecule has 3 heterocycles. The lowest BCUT2D eigenvalue weighted by Crippen LogP contribution is -1.96. The minimum absolute atomic E-state index is 0. The second-order valence-corrected chi connectivity index (χ2v) is 7.40. The van der Waals surface area contributed by atoms with Crippen LogP contribution in [0.25, 0.3) is 0 Å². The summed E-state index contributed by atoms with van der Waals surface area (Å²) in [5, 5.41) is 12.7. The zero-order valence-electron chi connectivity index (χ0n) is 20.3. The summed E-state index contributed by atoms with van der Waals surface area (Å²) in [4.78, 5) is 0. The van der Waals surface area contributed by atoms with E-state index in [0.29, 0.717) is 0 Å². The minimum atomic E-state index is 0. The van der Waals surface area contributed by atoms with Gasteiger partial charge in [-0.25, -0.2) is 4.68 Å². The van der Waals surface area contributed by atoms with Gasteiger partial charge in [-0.15, -0.1) is 0 Å². The molecule has 7 heteroatoms. The minimum Gasteiger partial charge on any atom is -0.481 e. The van der Waals surface area contributed by atoms with E-state index < -0.39 is 0 Å². The van der Waals surface area contributed by atoms with Crippen LogP contribution in [0, 0.1) is 48.5 Å². The lowest BCUT2D eigenvalue weighted by molar-refractivity contribution is 0.371. The Morgan fingerprint density at radius 3 is 1.27 bits per heavy atom. The zero-order chi connectivity index (χ0) is 22.5. The first-order chi connectivity index (χ1) is 13.5. The van der Waals surface area contributed by atoms with E-state index in [2.05, 4.69) is 49.9 Å². The molecule has 0 radical (unpaired) electrons. The summed E-state index contributed by atoms with van der Waals surface area (Å²) in [5.74, 6) is 0.845. The molecule has 3 aromatic heterocycles. The SMILES string of the molecule is C.CCc1c(C)c(C)nn1C.COc1c(C)c(C)nn1C.Cc1nn(C)c(C)c1C. The lowest BCUT2D eigenvalue weighted by atomic mass is 10.2. The fraction of sp³-hybridized carbons (Fsp3) is 0.609. The highest BCUT2D eigenvalue weighted by molar-refractivity contribution is 5.28. The largest absolute Gasteiger partial charge is 0.481 e. The molecule has 0 bridgehead atoms. The third kappa shape index (κ3) is 6.21. The van der Waals surface area contributed by atoms with Crippen molar-refractivity contribution in [3.05, 3.63) is 45.2 Å². The van der Waals surface area contributed by atoms with E-state index in [-0.39, 0.29) is 7.43 Å². The third-order valence-electron chi connectivity index (χ3n) is 5.52. The Morgan fingerprint density at radius 1 is 0.667 bits per heavy atom. The van der Waals surface area contributed by atoms with Crippen LogP contribution in [0.4, 0.5) is 0 Å². The second-order valence-electron chi connectivity index (χ2n) is 7.40. The van der Waals surface area contributed by atoms with Gasteiger partial charge in [0.05, 0.1) is 24.2 Å². The van der Waals surface area contributed by atoms with Gasteiger partial charge < -0.3 is 4.74 Å². The molecule has 0 fully saturated rings. The molecule has 0 aliphatic rings. The highest BCUT2D eigenvalue weighted by Crippen LogP contribution is 2.18. The first kappa shape index (κ1) is 27.4. The maximum atomic E-state index is 5.10. The van der Waals surface area contributed by atoms with E-state index in [9.17, 15) is 0 Å². The Labute approximate surface area is 183 Å². The number of aryl methyl sites for hydroxylation is 6. The second kappa shape index (κ2) is 11.6. The van der Waals surface area contributed by atoms with Crippen LogP contribution >= 0.6 is 0 Å². The summed E-state index contributed by atoms with van der Waals surface area (Å²) in [6.45, 7) is 16.5. The normalized spacial score (nSPS) is 9.87. The Hall–Kier alpha value is -2.57. The number of ether oxygens (including phenoxy) is 1. The average Bonchev–Trinajstić information content (AvgIpc) is 3.15. The standard InChI is InChI=1S/C8H14N2.C7H12N2O.C7H12N2.CH4/c1-5-8-6(2)7(3)9-10(8)4;1-5-6(2)8-9(3)7(5)10-4;1-5-6(2)8-9(4)7(5)3;/h5H2,1-4H3;1-4H3;1-4H3;1H4. The molecule has 7 nitrogen and oxygen atoms in total. The number of hydrogen-bond acceptors (Lipinski definition) is 4. The number of nitrogens with zero attached hydrogens (tertiary/aromatic N) is 6. The van der Waals surface area contributed by atoms with Crippen molar-refractivity contribution in [2.75, 3.05) is 7.11 Å². The molecule has 0 amide bonds. The highest BCUT2D eigenvalue weighted by Gasteiger charge is 2.07. The van der Waals surface area contributed by atoms with Crippen LogP contribution in [-0.2, 0) is 27.6 Å². The molecular weight excluding hydrogens is 376 g/mol. The predicted molar refractivity (Wildman–Crippen MR) is 125 cm³/mol. The molecule has 0 saturated carbocycles. The van der Waals surface area contributed by atoms with Gasteiger partial charge in [-0.3, -0.25) is 9.36 Å². The van der Waals surface area contributed by atoms with Crippen LogP contribution < -0.4 is 4.74 Å². The summed E-state index contributed by atoms with van der Waals surface area (Å²) in [6.07, 6.45) is 1.07. The van der Waals surface area contributed by atoms with Gasteiger partial charge in [0, 0.05) is 38.1 Å². The molecule has 0 aromatic carbocycles. The van der Waals surface area contributed by atoms with Crippen LogP contribution in [-0.4, -0.2) is 36.5 Å². The van der Waals surface area contributed by atoms with Gasteiger partial charge in [-0.2, -0.15) is 15.3 Å². The molecular formula is C23H42N6O. The molecule has 0 aliphatic carbocycles. The van der Waals surface area contributed by atoms with Crippen molar-refractivity contribution in [2.24, 2.45) is 21.1 Å². The summed E-state index contributed by atoms with van der Waals surface area (Å²) in [6, 6.07) is 0. The molecule has 0 saturated heterocycles. The molecule has 0 atom stereocenters. The number of hydrogen-bond donors (Lipinski definition) is 0. The Kier molecular flexibility index (Phi) is 10.6. The smallest absolute Gasteiger partial charge is 0.214 e. The fourth-order valence-corrected chi connectivity index (χ4v) is 3.21. The topological polar surface area (TPSA) is 62.7 Å². The molecule has 3 rings (SSSR count). The molecule has 30 heavy (non-hydrogen) atoms. The quantitative estimate of drug-likeness (QED) is 0.609. The maximum absolute atomic E-state index is 5.10. The number of rotatable bonds is 2. The first-order valence-corrected chi connectivity index (χ1v) is 9.96. The summed E-state index contributed by atoms with van der Waals surface area (Å²) < 4.78 is 10.7. The van der Waals surface area contributed by atoms with E-state index in [1.165, 1.54) is 22.5 Å². The lowest BCUT2D eigenvalue weighted by Gasteiger charge is -1.98. The van der Waals surface area contributed by atoms with Crippen LogP contribution in [0.5, 0.6) is 5.88 Å². The van der Waals surface area contributed by atoms with Gasteiger partial charge in [-0.1, -0.05) is 14.4 Å². The van der Waals surface area contributed by atoms with E-state index in [1.807, 2.05) is 51.3 Å². The van der Waals surface area contributed by atoms with Crippen molar-refractivity contribution in [1.82, 2.24) is 29.3 Å². The monoisotopic (exact) mass is 418 g/mol. The first-order valence-electron chi connectivity index (χ1n) is 9.96. The Bertz CT molecular complexity index is 871. The number of methoxy groups -OCH3 is 1. The molecule has 0 N–H and O–H groups in total. The van der Waals surface area contributed by atoms with Crippen LogP contribution in [0.15, 0.2) is 0 Å². The molecule has 3 aromatic rings. The van der Waals surface area contributed by atoms with Gasteiger partial charge in [0.2, 0.25) is 5.88 Å². The van der Waals surface area contributed by atoms with Crippen molar-refractivity contribution in [3.63, 3.8) is 0 Å². The van der Waals surface area contributed by atoms with Crippen molar-refractivity contribution in [3.8, 4) is 5.88 Å². The molecule has 0 aliphatic heterocycles. The summed E-state index contributed by atoms with van der Waals surface area (Å²) in [7, 11) is 7.50. The van der Waals surface area contributed by atoms with Crippen LogP contribution in [0.1, 0.15) is 59.5 Å². The van der Waals surface area contributed by atoms with Crippen molar-refractivity contribution < 1.29 is 4.74 Å². The van der Waals surface area contributed by atoms with Gasteiger partial charge >= 0.3 is 0 Å². The molecule has 0 unspecified atom stereocenters. The van der Waals surface area contributed by atoms with Crippen LogP contribution in [0.3, 0.4) is 0 Å². The summed E-state index contributed by atoms with van der Waals surface area (Å²) >= 11 is 0. The van der Waals surface area contributed by atoms with E-state index in [0.717, 1.165) is 34.9 Å². The van der Waals surface area contributed by atoms with Gasteiger partial charge in [0.1, 0.15) is 0 Å².